The topological polar surface area (TPSA) is 87.8 Å². The maximum Gasteiger partial charge on any atom is 0.249 e. The van der Waals surface area contributed by atoms with Gasteiger partial charge in [0.2, 0.25) is 11.8 Å². The van der Waals surface area contributed by atoms with Gasteiger partial charge in [-0.25, -0.2) is 4.98 Å². The van der Waals surface area contributed by atoms with Gasteiger partial charge in [-0.05, 0) is 38.1 Å². The monoisotopic (exact) mass is 513 g/mol. The van der Waals surface area contributed by atoms with Crippen LogP contribution in [0.5, 0.6) is 5.75 Å². The van der Waals surface area contributed by atoms with Gasteiger partial charge in [0.1, 0.15) is 18.5 Å². The van der Waals surface area contributed by atoms with Crippen LogP contribution in [-0.2, 0) is 6.54 Å². The lowest BCUT2D eigenvalue weighted by Crippen LogP contribution is -2.53. The van der Waals surface area contributed by atoms with Crippen molar-refractivity contribution in [2.75, 3.05) is 32.8 Å². The molecule has 1 aliphatic heterocycles. The molecular weight excluding hydrogens is 486 g/mol. The molecule has 3 heterocycles. The molecule has 35 heavy (non-hydrogen) atoms. The number of fused-ring (bicyclic) bond motifs is 1. The Morgan fingerprint density at radius 3 is 2.91 bits per heavy atom. The Morgan fingerprint density at radius 1 is 1.23 bits per heavy atom. The van der Waals surface area contributed by atoms with E-state index in [1.165, 1.54) is 0 Å². The lowest BCUT2D eigenvalue weighted by atomic mass is 10.1. The molecule has 5 rings (SSSR count). The minimum Gasteiger partial charge on any atom is -0.491 e. The first-order chi connectivity index (χ1) is 16.9. The number of piperazine rings is 1. The summed E-state index contributed by atoms with van der Waals surface area (Å²) >= 11 is 7.91. The van der Waals surface area contributed by atoms with Gasteiger partial charge in [-0.3, -0.25) is 9.80 Å². The zero-order valence-corrected chi connectivity index (χ0v) is 21.3. The molecule has 184 valence electrons. The summed E-state index contributed by atoms with van der Waals surface area (Å²) in [4.78, 5) is 9.09. The van der Waals surface area contributed by atoms with Crippen LogP contribution in [0.15, 0.2) is 46.9 Å². The fourth-order valence-electron chi connectivity index (χ4n) is 4.37. The van der Waals surface area contributed by atoms with E-state index in [9.17, 15) is 5.11 Å². The highest BCUT2D eigenvalue weighted by Crippen LogP contribution is 2.27. The Hall–Kier alpha value is -2.56. The molecule has 2 aromatic heterocycles. The van der Waals surface area contributed by atoms with E-state index in [0.29, 0.717) is 29.9 Å². The van der Waals surface area contributed by atoms with Gasteiger partial charge in [-0.15, -0.1) is 21.5 Å². The van der Waals surface area contributed by atoms with Gasteiger partial charge in [0, 0.05) is 38.3 Å². The van der Waals surface area contributed by atoms with E-state index >= 15 is 0 Å². The molecule has 1 N–H and O–H groups in total. The number of aryl methyl sites for hydroxylation is 1. The molecule has 4 aromatic rings. The third-order valence-electron chi connectivity index (χ3n) is 6.13. The predicted octanol–water partition coefficient (Wildman–Crippen LogP) is 4.25. The normalized spacial score (nSPS) is 18.2. The number of thiazole rings is 1. The van der Waals surface area contributed by atoms with Crippen molar-refractivity contribution in [1.29, 1.82) is 0 Å². The lowest BCUT2D eigenvalue weighted by Gasteiger charge is -2.40. The zero-order chi connectivity index (χ0) is 24.4. The number of aliphatic hydroxyl groups is 1. The van der Waals surface area contributed by atoms with Crippen molar-refractivity contribution in [1.82, 2.24) is 25.0 Å². The van der Waals surface area contributed by atoms with Crippen molar-refractivity contribution in [2.24, 2.45) is 0 Å². The van der Waals surface area contributed by atoms with Gasteiger partial charge in [0.15, 0.2) is 0 Å². The Labute approximate surface area is 213 Å². The second-order valence-electron chi connectivity index (χ2n) is 8.89. The number of aliphatic hydroxyl groups excluding tert-OH is 1. The first kappa shape index (κ1) is 24.1. The van der Waals surface area contributed by atoms with E-state index in [0.717, 1.165) is 46.2 Å². The first-order valence-electron chi connectivity index (χ1n) is 11.7. The standard InChI is InChI=1S/C25H28ClN5O3S/c1-16-12-30(14-24-28-29-25(34-24)20-5-3-4-6-21(20)26)9-10-31(16)13-18(32)15-33-19-7-8-23-22(11-19)27-17(2)35-23/h3-8,11,16,18,32H,9-10,12-15H2,1-2H3/t16-,18+/m0/s1. The van der Waals surface area contributed by atoms with E-state index in [-0.39, 0.29) is 12.6 Å². The van der Waals surface area contributed by atoms with Gasteiger partial charge in [-0.1, -0.05) is 23.7 Å². The van der Waals surface area contributed by atoms with Crippen LogP contribution in [-0.4, -0.2) is 75.0 Å². The summed E-state index contributed by atoms with van der Waals surface area (Å²) < 4.78 is 12.9. The number of nitrogens with zero attached hydrogens (tertiary/aromatic N) is 5. The number of β-amino-alcohol motifs (C(OH)–C–C–N with tert-alkyl or cyclic N) is 1. The Kier molecular flexibility index (Phi) is 7.31. The number of hydrogen-bond acceptors (Lipinski definition) is 9. The summed E-state index contributed by atoms with van der Waals surface area (Å²) in [6, 6.07) is 13.6. The van der Waals surface area contributed by atoms with Gasteiger partial charge < -0.3 is 14.3 Å². The van der Waals surface area contributed by atoms with Crippen LogP contribution in [0.3, 0.4) is 0 Å². The van der Waals surface area contributed by atoms with E-state index in [1.54, 1.807) is 17.4 Å². The molecule has 8 nitrogen and oxygen atoms in total. The molecule has 0 amide bonds. The summed E-state index contributed by atoms with van der Waals surface area (Å²) in [6.07, 6.45) is -0.578. The van der Waals surface area contributed by atoms with Crippen LogP contribution in [0.25, 0.3) is 21.7 Å². The van der Waals surface area contributed by atoms with Gasteiger partial charge >= 0.3 is 0 Å². The van der Waals surface area contributed by atoms with Crippen molar-refractivity contribution in [3.8, 4) is 17.2 Å². The highest BCUT2D eigenvalue weighted by Gasteiger charge is 2.26. The second kappa shape index (κ2) is 10.6. The molecule has 10 heteroatoms. The van der Waals surface area contributed by atoms with Gasteiger partial charge in [0.25, 0.3) is 0 Å². The third-order valence-corrected chi connectivity index (χ3v) is 7.41. The molecular formula is C25H28ClN5O3S. The summed E-state index contributed by atoms with van der Waals surface area (Å²) in [7, 11) is 0. The quantitative estimate of drug-likeness (QED) is 0.374. The maximum atomic E-state index is 10.6. The van der Waals surface area contributed by atoms with E-state index in [2.05, 4.69) is 31.9 Å². The van der Waals surface area contributed by atoms with Crippen LogP contribution in [0.4, 0.5) is 0 Å². The number of benzene rings is 2. The summed E-state index contributed by atoms with van der Waals surface area (Å²) in [5.41, 5.74) is 1.67. The van der Waals surface area contributed by atoms with Crippen LogP contribution >= 0.6 is 22.9 Å². The molecule has 1 saturated heterocycles. The molecule has 0 unspecified atom stereocenters. The SMILES string of the molecule is Cc1nc2cc(OC[C@H](O)CN3CCN(Cc4nnc(-c5ccccc5Cl)o4)C[C@@H]3C)ccc2s1. The largest absolute Gasteiger partial charge is 0.491 e. The Bertz CT molecular complexity index is 1300. The number of halogens is 1. The van der Waals surface area contributed by atoms with E-state index in [1.807, 2.05) is 43.3 Å². The summed E-state index contributed by atoms with van der Waals surface area (Å²) in [5.74, 6) is 1.74. The lowest BCUT2D eigenvalue weighted by molar-refractivity contribution is 0.0178. The highest BCUT2D eigenvalue weighted by atomic mass is 35.5. The summed E-state index contributed by atoms with van der Waals surface area (Å²) in [5, 5.41) is 20.6. The van der Waals surface area contributed by atoms with Crippen molar-refractivity contribution in [3.63, 3.8) is 0 Å². The third kappa shape index (κ3) is 5.82. The van der Waals surface area contributed by atoms with Crippen LogP contribution in [0.2, 0.25) is 5.02 Å². The number of hydrogen-bond donors (Lipinski definition) is 1. The molecule has 0 spiro atoms. The smallest absolute Gasteiger partial charge is 0.249 e. The predicted molar refractivity (Wildman–Crippen MR) is 137 cm³/mol. The van der Waals surface area contributed by atoms with Crippen molar-refractivity contribution < 1.29 is 14.3 Å². The van der Waals surface area contributed by atoms with Gasteiger partial charge in [0.05, 0.1) is 32.4 Å². The average molecular weight is 514 g/mol. The van der Waals surface area contributed by atoms with E-state index in [4.69, 9.17) is 20.8 Å². The molecule has 1 aliphatic rings. The van der Waals surface area contributed by atoms with Gasteiger partial charge in [-0.2, -0.15) is 0 Å². The highest BCUT2D eigenvalue weighted by molar-refractivity contribution is 7.18. The minimum atomic E-state index is -0.578. The van der Waals surface area contributed by atoms with Crippen molar-refractivity contribution >= 4 is 33.2 Å². The fraction of sp³-hybridized carbons (Fsp3) is 0.400. The molecule has 0 saturated carbocycles. The fourth-order valence-corrected chi connectivity index (χ4v) is 5.39. The number of ether oxygens (including phenoxy) is 1. The Balaban J connectivity index is 1.10. The molecule has 1 fully saturated rings. The summed E-state index contributed by atoms with van der Waals surface area (Å²) in [6.45, 7) is 8.09. The molecule has 0 bridgehead atoms. The molecule has 0 aliphatic carbocycles. The average Bonchev–Trinajstić information content (AvgIpc) is 3.45. The second-order valence-corrected chi connectivity index (χ2v) is 10.5. The minimum absolute atomic E-state index is 0.244. The Morgan fingerprint density at radius 2 is 2.09 bits per heavy atom. The maximum absolute atomic E-state index is 10.6. The molecule has 2 atom stereocenters. The molecule has 2 aromatic carbocycles. The van der Waals surface area contributed by atoms with Crippen molar-refractivity contribution in [3.05, 3.63) is 58.4 Å². The van der Waals surface area contributed by atoms with Crippen LogP contribution in [0, 0.1) is 6.92 Å². The molecule has 0 radical (unpaired) electrons. The van der Waals surface area contributed by atoms with Crippen LogP contribution < -0.4 is 4.74 Å². The zero-order valence-electron chi connectivity index (χ0n) is 19.7. The van der Waals surface area contributed by atoms with E-state index < -0.39 is 6.10 Å². The van der Waals surface area contributed by atoms with Crippen LogP contribution in [0.1, 0.15) is 17.8 Å². The van der Waals surface area contributed by atoms with Crippen molar-refractivity contribution in [2.45, 2.75) is 32.5 Å². The first-order valence-corrected chi connectivity index (χ1v) is 12.9. The number of rotatable bonds is 8. The number of aromatic nitrogens is 3.